The van der Waals surface area contributed by atoms with Crippen molar-refractivity contribution in [1.29, 1.82) is 0 Å². The third-order valence-corrected chi connectivity index (χ3v) is 5.32. The van der Waals surface area contributed by atoms with E-state index in [9.17, 15) is 0 Å². The summed E-state index contributed by atoms with van der Waals surface area (Å²) < 4.78 is 4.94. The number of aromatic amines is 2. The lowest BCUT2D eigenvalue weighted by molar-refractivity contribution is 1.03. The highest BCUT2D eigenvalue weighted by atomic mass is 32.1. The Morgan fingerprint density at radius 1 is 0.533 bits per heavy atom. The van der Waals surface area contributed by atoms with Crippen LogP contribution >= 0.6 is 24.4 Å². The lowest BCUT2D eigenvalue weighted by Crippen LogP contribution is -1.99. The molecular formula is C22H16N6S2. The molecule has 3 aromatic carbocycles. The van der Waals surface area contributed by atoms with E-state index in [1.807, 2.05) is 94.1 Å². The second kappa shape index (κ2) is 7.66. The van der Waals surface area contributed by atoms with Crippen LogP contribution in [0.5, 0.6) is 0 Å². The average Bonchev–Trinajstić information content (AvgIpc) is 3.38. The van der Waals surface area contributed by atoms with Crippen LogP contribution in [0, 0.1) is 9.54 Å². The van der Waals surface area contributed by atoms with E-state index in [1.54, 1.807) is 0 Å². The van der Waals surface area contributed by atoms with Gasteiger partial charge >= 0.3 is 0 Å². The van der Waals surface area contributed by atoms with E-state index in [-0.39, 0.29) is 0 Å². The largest absolute Gasteiger partial charge is 0.268 e. The Bertz CT molecular complexity index is 1300. The van der Waals surface area contributed by atoms with Gasteiger partial charge in [-0.25, -0.2) is 0 Å². The van der Waals surface area contributed by atoms with Gasteiger partial charge in [0.05, 0.1) is 0 Å². The molecule has 0 aliphatic carbocycles. The van der Waals surface area contributed by atoms with Crippen LogP contribution in [0.15, 0.2) is 84.9 Å². The second-order valence-corrected chi connectivity index (χ2v) is 7.40. The number of benzene rings is 3. The van der Waals surface area contributed by atoms with Crippen LogP contribution in [-0.2, 0) is 0 Å². The number of hydrogen-bond donors (Lipinski definition) is 2. The van der Waals surface area contributed by atoms with Crippen molar-refractivity contribution in [3.63, 3.8) is 0 Å². The van der Waals surface area contributed by atoms with Crippen LogP contribution in [0.4, 0.5) is 0 Å². The molecule has 0 spiro atoms. The SMILES string of the molecule is S=c1[nH]nc(-c2ccc(-c3n[nH]c(=S)n3-c3ccccc3)cc2)n1-c1ccccc1. The molecule has 0 unspecified atom stereocenters. The van der Waals surface area contributed by atoms with Gasteiger partial charge in [0.15, 0.2) is 21.2 Å². The summed E-state index contributed by atoms with van der Waals surface area (Å²) in [6.45, 7) is 0. The molecule has 0 saturated carbocycles. The smallest absolute Gasteiger partial charge is 0.200 e. The molecule has 2 N–H and O–H groups in total. The van der Waals surface area contributed by atoms with Crippen molar-refractivity contribution in [2.24, 2.45) is 0 Å². The Morgan fingerprint density at radius 2 is 0.900 bits per heavy atom. The standard InChI is InChI=1S/C22H16N6S2/c29-21-25-23-19(27(21)17-7-3-1-4-8-17)15-11-13-16(14-12-15)20-24-26-22(30)28(20)18-9-5-2-6-10-18/h1-14H,(H,25,29)(H,26,30). The molecule has 5 rings (SSSR count). The predicted octanol–water partition coefficient (Wildman–Crippen LogP) is 5.51. The first kappa shape index (κ1) is 18.4. The molecule has 8 heteroatoms. The Hall–Kier alpha value is -3.62. The number of rotatable bonds is 4. The molecule has 30 heavy (non-hydrogen) atoms. The van der Waals surface area contributed by atoms with Crippen molar-refractivity contribution in [3.05, 3.63) is 94.5 Å². The molecule has 0 aliphatic rings. The lowest BCUT2D eigenvalue weighted by atomic mass is 10.1. The molecule has 0 saturated heterocycles. The van der Waals surface area contributed by atoms with Crippen LogP contribution < -0.4 is 0 Å². The van der Waals surface area contributed by atoms with E-state index in [0.29, 0.717) is 9.54 Å². The minimum absolute atomic E-state index is 0.547. The monoisotopic (exact) mass is 428 g/mol. The maximum atomic E-state index is 5.45. The van der Waals surface area contributed by atoms with E-state index in [2.05, 4.69) is 20.4 Å². The van der Waals surface area contributed by atoms with E-state index in [4.69, 9.17) is 24.4 Å². The van der Waals surface area contributed by atoms with Gasteiger partial charge in [0.25, 0.3) is 0 Å². The summed E-state index contributed by atoms with van der Waals surface area (Å²) in [6, 6.07) is 27.9. The van der Waals surface area contributed by atoms with Crippen LogP contribution in [0.2, 0.25) is 0 Å². The number of aromatic nitrogens is 6. The average molecular weight is 429 g/mol. The predicted molar refractivity (Wildman–Crippen MR) is 122 cm³/mol. The molecule has 0 amide bonds. The molecule has 0 radical (unpaired) electrons. The van der Waals surface area contributed by atoms with Gasteiger partial charge in [-0.3, -0.25) is 19.3 Å². The summed E-state index contributed by atoms with van der Waals surface area (Å²) in [5.74, 6) is 1.50. The first-order valence-corrected chi connectivity index (χ1v) is 10.1. The number of nitrogens with zero attached hydrogens (tertiary/aromatic N) is 4. The fraction of sp³-hybridized carbons (Fsp3) is 0. The van der Waals surface area contributed by atoms with Crippen LogP contribution in [0.1, 0.15) is 0 Å². The summed E-state index contributed by atoms with van der Waals surface area (Å²) in [6.07, 6.45) is 0. The van der Waals surface area contributed by atoms with Gasteiger partial charge in [0.1, 0.15) is 0 Å². The van der Waals surface area contributed by atoms with Gasteiger partial charge in [0, 0.05) is 22.5 Å². The van der Waals surface area contributed by atoms with Crippen molar-refractivity contribution < 1.29 is 0 Å². The van der Waals surface area contributed by atoms with E-state index in [0.717, 1.165) is 34.2 Å². The Balaban J connectivity index is 1.57. The Kier molecular flexibility index (Phi) is 4.70. The fourth-order valence-electron chi connectivity index (χ4n) is 3.38. The highest BCUT2D eigenvalue weighted by molar-refractivity contribution is 7.71. The Morgan fingerprint density at radius 3 is 1.27 bits per heavy atom. The molecule has 2 heterocycles. The maximum Gasteiger partial charge on any atom is 0.200 e. The molecule has 0 aliphatic heterocycles. The lowest BCUT2D eigenvalue weighted by Gasteiger charge is -2.09. The molecule has 6 nitrogen and oxygen atoms in total. The quantitative estimate of drug-likeness (QED) is 0.371. The van der Waals surface area contributed by atoms with Crippen molar-refractivity contribution in [1.82, 2.24) is 29.5 Å². The number of para-hydroxylation sites is 2. The van der Waals surface area contributed by atoms with Gasteiger partial charge in [-0.05, 0) is 48.7 Å². The van der Waals surface area contributed by atoms with Gasteiger partial charge in [0.2, 0.25) is 0 Å². The van der Waals surface area contributed by atoms with Crippen LogP contribution in [-0.4, -0.2) is 29.5 Å². The summed E-state index contributed by atoms with van der Waals surface area (Å²) in [5, 5.41) is 14.7. The molecule has 0 fully saturated rings. The molecule has 0 atom stereocenters. The molecular weight excluding hydrogens is 412 g/mol. The zero-order valence-electron chi connectivity index (χ0n) is 15.7. The highest BCUT2D eigenvalue weighted by Gasteiger charge is 2.13. The first-order chi connectivity index (χ1) is 14.7. The minimum Gasteiger partial charge on any atom is -0.268 e. The highest BCUT2D eigenvalue weighted by Crippen LogP contribution is 2.26. The molecule has 0 bridgehead atoms. The minimum atomic E-state index is 0.547. The summed E-state index contributed by atoms with van der Waals surface area (Å²) in [7, 11) is 0. The third kappa shape index (κ3) is 3.22. The van der Waals surface area contributed by atoms with Gasteiger partial charge < -0.3 is 0 Å². The fourth-order valence-corrected chi connectivity index (χ4v) is 3.86. The Labute approximate surface area is 182 Å². The molecule has 2 aromatic heterocycles. The van der Waals surface area contributed by atoms with E-state index >= 15 is 0 Å². The van der Waals surface area contributed by atoms with Crippen LogP contribution in [0.25, 0.3) is 34.2 Å². The topological polar surface area (TPSA) is 67.2 Å². The van der Waals surface area contributed by atoms with Gasteiger partial charge in [-0.1, -0.05) is 60.7 Å². The summed E-state index contributed by atoms with van der Waals surface area (Å²) >= 11 is 10.9. The molecule has 5 aromatic rings. The van der Waals surface area contributed by atoms with Crippen molar-refractivity contribution >= 4 is 24.4 Å². The second-order valence-electron chi connectivity index (χ2n) is 6.62. The van der Waals surface area contributed by atoms with E-state index < -0.39 is 0 Å². The number of H-pyrrole nitrogens is 2. The summed E-state index contributed by atoms with van der Waals surface area (Å²) in [5.41, 5.74) is 3.80. The molecule has 146 valence electrons. The van der Waals surface area contributed by atoms with Gasteiger partial charge in [-0.2, -0.15) is 10.2 Å². The van der Waals surface area contributed by atoms with Crippen LogP contribution in [0.3, 0.4) is 0 Å². The third-order valence-electron chi connectivity index (χ3n) is 4.77. The van der Waals surface area contributed by atoms with Gasteiger partial charge in [-0.15, -0.1) is 0 Å². The number of nitrogens with one attached hydrogen (secondary N) is 2. The zero-order chi connectivity index (χ0) is 20.5. The maximum absolute atomic E-state index is 5.45. The van der Waals surface area contributed by atoms with Crippen molar-refractivity contribution in [2.45, 2.75) is 0 Å². The zero-order valence-corrected chi connectivity index (χ0v) is 17.3. The van der Waals surface area contributed by atoms with E-state index in [1.165, 1.54) is 0 Å². The first-order valence-electron chi connectivity index (χ1n) is 9.29. The normalized spacial score (nSPS) is 10.9. The van der Waals surface area contributed by atoms with Crippen molar-refractivity contribution in [2.75, 3.05) is 0 Å². The number of hydrogen-bond acceptors (Lipinski definition) is 4. The van der Waals surface area contributed by atoms with Crippen molar-refractivity contribution in [3.8, 4) is 34.2 Å². The summed E-state index contributed by atoms with van der Waals surface area (Å²) in [4.78, 5) is 0.